The van der Waals surface area contributed by atoms with Gasteiger partial charge in [-0.25, -0.2) is 9.97 Å². The van der Waals surface area contributed by atoms with Gasteiger partial charge in [-0.15, -0.1) is 0 Å². The van der Waals surface area contributed by atoms with Crippen LogP contribution in [0.15, 0.2) is 37.1 Å². The van der Waals surface area contributed by atoms with Crippen LogP contribution in [-0.4, -0.2) is 25.9 Å². The summed E-state index contributed by atoms with van der Waals surface area (Å²) in [5.74, 6) is 1.60. The van der Waals surface area contributed by atoms with Crippen molar-refractivity contribution in [2.24, 2.45) is 0 Å². The van der Waals surface area contributed by atoms with Crippen molar-refractivity contribution < 1.29 is 0 Å². The highest BCUT2D eigenvalue weighted by Gasteiger charge is 2.07. The molecule has 0 saturated carbocycles. The third kappa shape index (κ3) is 2.79. The number of nitrogens with one attached hydrogen (secondary N) is 2. The molecule has 2 N–H and O–H groups in total. The van der Waals surface area contributed by atoms with Crippen LogP contribution < -0.4 is 10.6 Å². The minimum atomic E-state index is 0.694. The monoisotopic (exact) mass is 282 g/mol. The molecule has 3 rings (SSSR count). The van der Waals surface area contributed by atoms with Crippen molar-refractivity contribution >= 4 is 17.3 Å². The Morgan fingerprint density at radius 2 is 2.14 bits per heavy atom. The molecule has 0 bridgehead atoms. The summed E-state index contributed by atoms with van der Waals surface area (Å²) in [5.41, 5.74) is 3.18. The summed E-state index contributed by atoms with van der Waals surface area (Å²) in [6.45, 7) is 5.63. The van der Waals surface area contributed by atoms with Gasteiger partial charge < -0.3 is 15.0 Å². The quantitative estimate of drug-likeness (QED) is 0.752. The molecule has 0 aliphatic rings. The standard InChI is InChI=1S/C15H18N6/c1-3-17-13-10-21-7-6-18-15(21)14(20-13)19-9-12-4-5-16-8-11(12)2/h4-8,10,17H,3,9H2,1-2H3,(H,19,20). The lowest BCUT2D eigenvalue weighted by Gasteiger charge is -2.11. The van der Waals surface area contributed by atoms with E-state index in [4.69, 9.17) is 0 Å². The first-order valence-electron chi connectivity index (χ1n) is 6.99. The number of aromatic nitrogens is 4. The van der Waals surface area contributed by atoms with E-state index in [1.807, 2.05) is 36.0 Å². The van der Waals surface area contributed by atoms with Crippen LogP contribution in [0.1, 0.15) is 18.1 Å². The predicted molar refractivity (Wildman–Crippen MR) is 83.5 cm³/mol. The summed E-state index contributed by atoms with van der Waals surface area (Å²) in [4.78, 5) is 13.0. The predicted octanol–water partition coefficient (Wildman–Crippen LogP) is 2.48. The van der Waals surface area contributed by atoms with Gasteiger partial charge in [-0.2, -0.15) is 0 Å². The Morgan fingerprint density at radius 3 is 2.95 bits per heavy atom. The van der Waals surface area contributed by atoms with E-state index in [0.29, 0.717) is 6.54 Å². The van der Waals surface area contributed by atoms with Gasteiger partial charge in [0.2, 0.25) is 0 Å². The lowest BCUT2D eigenvalue weighted by Crippen LogP contribution is -2.08. The molecule has 3 aromatic rings. The zero-order chi connectivity index (χ0) is 14.7. The van der Waals surface area contributed by atoms with E-state index in [1.54, 1.807) is 12.4 Å². The molecule has 108 valence electrons. The first-order chi connectivity index (χ1) is 10.3. The highest BCUT2D eigenvalue weighted by Crippen LogP contribution is 2.17. The van der Waals surface area contributed by atoms with Crippen molar-refractivity contribution in [2.75, 3.05) is 17.2 Å². The molecule has 0 fully saturated rings. The Labute approximate surface area is 123 Å². The zero-order valence-corrected chi connectivity index (χ0v) is 12.2. The molecular formula is C15H18N6. The second-order valence-electron chi connectivity index (χ2n) is 4.82. The van der Waals surface area contributed by atoms with Crippen molar-refractivity contribution in [3.8, 4) is 0 Å². The topological polar surface area (TPSA) is 67.1 Å². The summed E-state index contributed by atoms with van der Waals surface area (Å²) < 4.78 is 1.97. The smallest absolute Gasteiger partial charge is 0.180 e. The third-order valence-corrected chi connectivity index (χ3v) is 3.31. The molecule has 6 nitrogen and oxygen atoms in total. The van der Waals surface area contributed by atoms with E-state index in [9.17, 15) is 0 Å². The minimum absolute atomic E-state index is 0.694. The van der Waals surface area contributed by atoms with Crippen LogP contribution in [0, 0.1) is 6.92 Å². The maximum atomic E-state index is 4.59. The van der Waals surface area contributed by atoms with Crippen molar-refractivity contribution in [3.05, 3.63) is 48.2 Å². The number of anilines is 2. The van der Waals surface area contributed by atoms with Crippen molar-refractivity contribution in [1.29, 1.82) is 0 Å². The molecule has 0 spiro atoms. The third-order valence-electron chi connectivity index (χ3n) is 3.31. The van der Waals surface area contributed by atoms with E-state index >= 15 is 0 Å². The lowest BCUT2D eigenvalue weighted by molar-refractivity contribution is 1.04. The summed E-state index contributed by atoms with van der Waals surface area (Å²) in [5, 5.41) is 6.60. The Kier molecular flexibility index (Phi) is 3.68. The van der Waals surface area contributed by atoms with Gasteiger partial charge in [0.05, 0.1) is 6.20 Å². The normalized spacial score (nSPS) is 10.8. The van der Waals surface area contributed by atoms with Crippen LogP contribution >= 0.6 is 0 Å². The van der Waals surface area contributed by atoms with Crippen LogP contribution in [0.3, 0.4) is 0 Å². The van der Waals surface area contributed by atoms with Gasteiger partial charge in [0.15, 0.2) is 11.5 Å². The highest BCUT2D eigenvalue weighted by atomic mass is 15.1. The van der Waals surface area contributed by atoms with Gasteiger partial charge in [0.25, 0.3) is 0 Å². The number of hydrogen-bond donors (Lipinski definition) is 2. The van der Waals surface area contributed by atoms with Gasteiger partial charge >= 0.3 is 0 Å². The molecule has 3 aromatic heterocycles. The van der Waals surface area contributed by atoms with Gasteiger partial charge in [0, 0.05) is 37.9 Å². The van der Waals surface area contributed by atoms with Crippen LogP contribution in [0.5, 0.6) is 0 Å². The number of fused-ring (bicyclic) bond motifs is 1. The molecule has 0 amide bonds. The molecule has 0 aliphatic heterocycles. The number of hydrogen-bond acceptors (Lipinski definition) is 5. The fourth-order valence-corrected chi connectivity index (χ4v) is 2.20. The summed E-state index contributed by atoms with van der Waals surface area (Å²) in [6, 6.07) is 2.01. The van der Waals surface area contributed by atoms with E-state index in [1.165, 1.54) is 5.56 Å². The fraction of sp³-hybridized carbons (Fsp3) is 0.267. The van der Waals surface area contributed by atoms with E-state index in [-0.39, 0.29) is 0 Å². The lowest BCUT2D eigenvalue weighted by atomic mass is 10.1. The van der Waals surface area contributed by atoms with Gasteiger partial charge in [-0.05, 0) is 31.0 Å². The van der Waals surface area contributed by atoms with Gasteiger partial charge in [0.1, 0.15) is 5.82 Å². The molecule has 0 aromatic carbocycles. The Balaban J connectivity index is 1.89. The largest absolute Gasteiger partial charge is 0.369 e. The number of pyridine rings is 1. The first kappa shape index (κ1) is 13.4. The Bertz CT molecular complexity index is 749. The van der Waals surface area contributed by atoms with Crippen molar-refractivity contribution in [2.45, 2.75) is 20.4 Å². The second kappa shape index (κ2) is 5.78. The average Bonchev–Trinajstić information content (AvgIpc) is 2.95. The molecule has 6 heteroatoms. The summed E-state index contributed by atoms with van der Waals surface area (Å²) >= 11 is 0. The maximum absolute atomic E-state index is 4.59. The van der Waals surface area contributed by atoms with Crippen molar-refractivity contribution in [1.82, 2.24) is 19.4 Å². The molecule has 3 heterocycles. The Hall–Kier alpha value is -2.63. The van der Waals surface area contributed by atoms with Crippen LogP contribution in [0.25, 0.3) is 5.65 Å². The molecule has 0 saturated heterocycles. The molecule has 0 radical (unpaired) electrons. The fourth-order valence-electron chi connectivity index (χ4n) is 2.20. The molecule has 0 aliphatic carbocycles. The molecule has 0 atom stereocenters. The summed E-state index contributed by atoms with van der Waals surface area (Å²) in [6.07, 6.45) is 9.30. The van der Waals surface area contributed by atoms with E-state index in [0.717, 1.165) is 29.4 Å². The highest BCUT2D eigenvalue weighted by molar-refractivity contribution is 5.65. The van der Waals surface area contributed by atoms with Crippen molar-refractivity contribution in [3.63, 3.8) is 0 Å². The Morgan fingerprint density at radius 1 is 1.24 bits per heavy atom. The molecular weight excluding hydrogens is 264 g/mol. The minimum Gasteiger partial charge on any atom is -0.369 e. The van der Waals surface area contributed by atoms with Crippen LogP contribution in [0.2, 0.25) is 0 Å². The SMILES string of the molecule is CCNc1cn2ccnc2c(NCc2ccncc2C)n1. The zero-order valence-electron chi connectivity index (χ0n) is 12.2. The average molecular weight is 282 g/mol. The van der Waals surface area contributed by atoms with Gasteiger partial charge in [-0.3, -0.25) is 4.98 Å². The van der Waals surface area contributed by atoms with Gasteiger partial charge in [-0.1, -0.05) is 0 Å². The number of rotatable bonds is 5. The van der Waals surface area contributed by atoms with Crippen LogP contribution in [-0.2, 0) is 6.54 Å². The number of nitrogens with zero attached hydrogens (tertiary/aromatic N) is 4. The first-order valence-corrected chi connectivity index (χ1v) is 6.99. The summed E-state index contributed by atoms with van der Waals surface area (Å²) in [7, 11) is 0. The maximum Gasteiger partial charge on any atom is 0.180 e. The van der Waals surface area contributed by atoms with Crippen LogP contribution in [0.4, 0.5) is 11.6 Å². The van der Waals surface area contributed by atoms with E-state index < -0.39 is 0 Å². The van der Waals surface area contributed by atoms with E-state index in [2.05, 4.69) is 32.5 Å². The molecule has 0 unspecified atom stereocenters. The number of imidazole rings is 1. The second-order valence-corrected chi connectivity index (χ2v) is 4.82. The molecule has 21 heavy (non-hydrogen) atoms. The number of aryl methyl sites for hydroxylation is 1.